The first-order chi connectivity index (χ1) is 13.3. The monoisotopic (exact) mass is 392 g/mol. The number of hydrogen-bond donors (Lipinski definition) is 1. The quantitative estimate of drug-likeness (QED) is 0.564. The Morgan fingerprint density at radius 2 is 1.75 bits per heavy atom. The highest BCUT2D eigenvalue weighted by atomic mass is 32.2. The zero-order valence-corrected chi connectivity index (χ0v) is 16.7. The Balaban J connectivity index is 1.75. The Morgan fingerprint density at radius 3 is 2.43 bits per heavy atom. The first kappa shape index (κ1) is 18.2. The molecule has 2 aromatic carbocycles. The van der Waals surface area contributed by atoms with Gasteiger partial charge in [0.25, 0.3) is 0 Å². The van der Waals surface area contributed by atoms with Crippen molar-refractivity contribution in [3.63, 3.8) is 0 Å². The van der Waals surface area contributed by atoms with Crippen LogP contribution in [0.25, 0.3) is 16.7 Å². The van der Waals surface area contributed by atoms with Gasteiger partial charge in [-0.05, 0) is 55.8 Å². The Labute approximate surface area is 163 Å². The number of aromatic nitrogens is 3. The third-order valence-corrected chi connectivity index (χ3v) is 5.70. The topological polar surface area (TPSA) is 76.9 Å². The highest BCUT2D eigenvalue weighted by Gasteiger charge is 2.13. The van der Waals surface area contributed by atoms with E-state index in [0.29, 0.717) is 10.8 Å². The molecule has 0 aliphatic heterocycles. The van der Waals surface area contributed by atoms with Crippen LogP contribution in [-0.2, 0) is 9.84 Å². The van der Waals surface area contributed by atoms with Gasteiger partial charge in [-0.1, -0.05) is 17.7 Å². The lowest BCUT2D eigenvalue weighted by Gasteiger charge is -2.11. The second-order valence-electron chi connectivity index (χ2n) is 6.87. The fourth-order valence-electron chi connectivity index (χ4n) is 3.07. The summed E-state index contributed by atoms with van der Waals surface area (Å²) in [4.78, 5) is 9.36. The van der Waals surface area contributed by atoms with Gasteiger partial charge in [0.2, 0.25) is 5.95 Å². The van der Waals surface area contributed by atoms with Crippen LogP contribution < -0.4 is 5.32 Å². The Morgan fingerprint density at radius 1 is 1.00 bits per heavy atom. The van der Waals surface area contributed by atoms with E-state index in [1.807, 2.05) is 54.9 Å². The Kier molecular flexibility index (Phi) is 4.39. The molecule has 4 rings (SSSR count). The van der Waals surface area contributed by atoms with Crippen LogP contribution in [0.15, 0.2) is 65.8 Å². The second-order valence-corrected chi connectivity index (χ2v) is 8.89. The number of nitrogens with one attached hydrogen (secondary N) is 1. The van der Waals surface area contributed by atoms with E-state index in [1.165, 1.54) is 11.8 Å². The predicted molar refractivity (Wildman–Crippen MR) is 111 cm³/mol. The molecular formula is C21H20N4O2S. The SMILES string of the molecule is Cc1ccc(Nc2ncc3ccn(-c4ccc(S(C)(=O)=O)cc4C)c3n2)cc1. The summed E-state index contributed by atoms with van der Waals surface area (Å²) < 4.78 is 25.5. The van der Waals surface area contributed by atoms with Gasteiger partial charge in [-0.3, -0.25) is 0 Å². The maximum Gasteiger partial charge on any atom is 0.229 e. The summed E-state index contributed by atoms with van der Waals surface area (Å²) >= 11 is 0. The average Bonchev–Trinajstić information content (AvgIpc) is 3.06. The second kappa shape index (κ2) is 6.76. The molecule has 142 valence electrons. The number of aryl methyl sites for hydroxylation is 2. The van der Waals surface area contributed by atoms with Gasteiger partial charge in [0, 0.05) is 35.4 Å². The molecular weight excluding hydrogens is 372 g/mol. The molecule has 6 nitrogen and oxygen atoms in total. The van der Waals surface area contributed by atoms with E-state index in [-0.39, 0.29) is 0 Å². The summed E-state index contributed by atoms with van der Waals surface area (Å²) in [6.45, 7) is 3.93. The number of benzene rings is 2. The van der Waals surface area contributed by atoms with E-state index in [0.717, 1.165) is 28.0 Å². The maximum atomic E-state index is 11.8. The zero-order chi connectivity index (χ0) is 19.9. The fraction of sp³-hybridized carbons (Fsp3) is 0.143. The zero-order valence-electron chi connectivity index (χ0n) is 15.8. The molecule has 0 atom stereocenters. The Hall–Kier alpha value is -3.19. The molecule has 0 fully saturated rings. The number of hydrogen-bond acceptors (Lipinski definition) is 5. The van der Waals surface area contributed by atoms with Gasteiger partial charge in [-0.25, -0.2) is 13.4 Å². The van der Waals surface area contributed by atoms with E-state index in [1.54, 1.807) is 24.4 Å². The minimum Gasteiger partial charge on any atom is -0.324 e. The molecule has 0 bridgehead atoms. The van der Waals surface area contributed by atoms with E-state index in [4.69, 9.17) is 0 Å². The molecule has 0 aliphatic carbocycles. The molecule has 1 N–H and O–H groups in total. The first-order valence-electron chi connectivity index (χ1n) is 8.80. The van der Waals surface area contributed by atoms with Crippen molar-refractivity contribution in [3.8, 4) is 5.69 Å². The summed E-state index contributed by atoms with van der Waals surface area (Å²) in [5, 5.41) is 4.12. The number of sulfone groups is 1. The summed E-state index contributed by atoms with van der Waals surface area (Å²) in [6.07, 6.45) is 4.90. The van der Waals surface area contributed by atoms with Gasteiger partial charge in [-0.2, -0.15) is 4.98 Å². The molecule has 0 saturated heterocycles. The Bertz CT molecular complexity index is 1280. The van der Waals surface area contributed by atoms with E-state index >= 15 is 0 Å². The normalized spacial score (nSPS) is 11.7. The fourth-order valence-corrected chi connectivity index (χ4v) is 3.77. The number of fused-ring (bicyclic) bond motifs is 1. The average molecular weight is 392 g/mol. The van der Waals surface area contributed by atoms with Crippen LogP contribution in [-0.4, -0.2) is 29.2 Å². The minimum absolute atomic E-state index is 0.307. The standard InChI is InChI=1S/C21H20N4O2S/c1-14-4-6-17(7-5-14)23-21-22-13-16-10-11-25(20(16)24-21)19-9-8-18(12-15(19)2)28(3,26)27/h4-13H,1-3H3,(H,22,23,24). The van der Waals surface area contributed by atoms with Crippen LogP contribution in [0.3, 0.4) is 0 Å². The van der Waals surface area contributed by atoms with Crippen molar-refractivity contribution in [1.82, 2.24) is 14.5 Å². The lowest BCUT2D eigenvalue weighted by molar-refractivity contribution is 0.602. The van der Waals surface area contributed by atoms with Crippen molar-refractivity contribution in [2.75, 3.05) is 11.6 Å². The third-order valence-electron chi connectivity index (χ3n) is 4.59. The van der Waals surface area contributed by atoms with Gasteiger partial charge in [0.15, 0.2) is 9.84 Å². The van der Waals surface area contributed by atoms with Crippen molar-refractivity contribution in [2.45, 2.75) is 18.7 Å². The van der Waals surface area contributed by atoms with Crippen molar-refractivity contribution in [3.05, 3.63) is 72.1 Å². The lowest BCUT2D eigenvalue weighted by atomic mass is 10.2. The van der Waals surface area contributed by atoms with Crippen LogP contribution in [0.5, 0.6) is 0 Å². The van der Waals surface area contributed by atoms with Crippen LogP contribution in [0, 0.1) is 13.8 Å². The van der Waals surface area contributed by atoms with Gasteiger partial charge in [0.05, 0.1) is 4.90 Å². The molecule has 2 aromatic heterocycles. The van der Waals surface area contributed by atoms with Crippen LogP contribution in [0.1, 0.15) is 11.1 Å². The summed E-state index contributed by atoms with van der Waals surface area (Å²) in [5.74, 6) is 0.502. The first-order valence-corrected chi connectivity index (χ1v) is 10.7. The molecule has 2 heterocycles. The van der Waals surface area contributed by atoms with Crippen molar-refractivity contribution in [2.24, 2.45) is 0 Å². The molecule has 0 amide bonds. The lowest BCUT2D eigenvalue weighted by Crippen LogP contribution is -2.03. The van der Waals surface area contributed by atoms with E-state index in [9.17, 15) is 8.42 Å². The molecule has 0 spiro atoms. The van der Waals surface area contributed by atoms with Crippen molar-refractivity contribution in [1.29, 1.82) is 0 Å². The van der Waals surface area contributed by atoms with E-state index < -0.39 is 9.84 Å². The van der Waals surface area contributed by atoms with Crippen LogP contribution in [0.2, 0.25) is 0 Å². The van der Waals surface area contributed by atoms with Gasteiger partial charge >= 0.3 is 0 Å². The number of nitrogens with zero attached hydrogens (tertiary/aromatic N) is 3. The van der Waals surface area contributed by atoms with Crippen molar-refractivity contribution >= 4 is 32.5 Å². The third kappa shape index (κ3) is 3.48. The number of anilines is 2. The predicted octanol–water partition coefficient (Wildman–Crippen LogP) is 4.18. The van der Waals surface area contributed by atoms with Gasteiger partial charge in [0.1, 0.15) is 5.65 Å². The highest BCUT2D eigenvalue weighted by Crippen LogP contribution is 2.24. The molecule has 0 unspecified atom stereocenters. The van der Waals surface area contributed by atoms with Crippen LogP contribution in [0.4, 0.5) is 11.6 Å². The van der Waals surface area contributed by atoms with E-state index in [2.05, 4.69) is 15.3 Å². The van der Waals surface area contributed by atoms with Crippen LogP contribution >= 0.6 is 0 Å². The molecule has 4 aromatic rings. The number of rotatable bonds is 4. The van der Waals surface area contributed by atoms with Gasteiger partial charge in [-0.15, -0.1) is 0 Å². The van der Waals surface area contributed by atoms with Crippen molar-refractivity contribution < 1.29 is 8.42 Å². The smallest absolute Gasteiger partial charge is 0.229 e. The molecule has 28 heavy (non-hydrogen) atoms. The molecule has 7 heteroatoms. The largest absolute Gasteiger partial charge is 0.324 e. The summed E-state index contributed by atoms with van der Waals surface area (Å²) in [5.41, 5.74) is 4.58. The minimum atomic E-state index is -3.24. The maximum absolute atomic E-state index is 11.8. The van der Waals surface area contributed by atoms with Gasteiger partial charge < -0.3 is 9.88 Å². The summed E-state index contributed by atoms with van der Waals surface area (Å²) in [7, 11) is -3.24. The summed E-state index contributed by atoms with van der Waals surface area (Å²) in [6, 6.07) is 15.1. The highest BCUT2D eigenvalue weighted by molar-refractivity contribution is 7.90. The molecule has 0 saturated carbocycles. The molecule has 0 aliphatic rings. The molecule has 0 radical (unpaired) electrons.